The SMILES string of the molecule is CC(C)(C)[Si](C)(C)Oc1ccc2cccc(N=C=O)c2c1. The molecule has 0 aliphatic heterocycles. The summed E-state index contributed by atoms with van der Waals surface area (Å²) >= 11 is 0. The fourth-order valence-corrected chi connectivity index (χ4v) is 2.92. The first-order valence-corrected chi connectivity index (χ1v) is 9.95. The molecule has 0 N–H and O–H groups in total. The van der Waals surface area contributed by atoms with Crippen LogP contribution in [0.25, 0.3) is 10.8 Å². The molecule has 0 radical (unpaired) electrons. The fourth-order valence-electron chi connectivity index (χ4n) is 1.89. The number of hydrogen-bond acceptors (Lipinski definition) is 3. The molecule has 0 unspecified atom stereocenters. The summed E-state index contributed by atoms with van der Waals surface area (Å²) in [4.78, 5) is 14.3. The second-order valence-electron chi connectivity index (χ2n) is 6.73. The van der Waals surface area contributed by atoms with E-state index in [9.17, 15) is 4.79 Å². The van der Waals surface area contributed by atoms with Gasteiger partial charge in [0, 0.05) is 5.39 Å². The van der Waals surface area contributed by atoms with Gasteiger partial charge in [0.15, 0.2) is 0 Å². The largest absolute Gasteiger partial charge is 0.543 e. The second-order valence-corrected chi connectivity index (χ2v) is 11.5. The lowest BCUT2D eigenvalue weighted by Gasteiger charge is -2.36. The van der Waals surface area contributed by atoms with Crippen molar-refractivity contribution in [3.8, 4) is 5.75 Å². The van der Waals surface area contributed by atoms with Gasteiger partial charge in [0.2, 0.25) is 14.4 Å². The summed E-state index contributed by atoms with van der Waals surface area (Å²) in [6.45, 7) is 11.1. The third-order valence-corrected chi connectivity index (χ3v) is 8.53. The Labute approximate surface area is 126 Å². The highest BCUT2D eigenvalue weighted by Gasteiger charge is 2.38. The smallest absolute Gasteiger partial charge is 0.250 e. The highest BCUT2D eigenvalue weighted by atomic mass is 28.4. The van der Waals surface area contributed by atoms with Crippen LogP contribution in [0, 0.1) is 0 Å². The molecule has 0 saturated carbocycles. The second kappa shape index (κ2) is 5.47. The van der Waals surface area contributed by atoms with Gasteiger partial charge < -0.3 is 4.43 Å². The standard InChI is InChI=1S/C17H21NO2Si/c1-17(2,3)21(4,5)20-14-10-9-13-7-6-8-16(18-12-19)15(13)11-14/h6-11H,1-5H3. The van der Waals surface area contributed by atoms with E-state index in [1.807, 2.05) is 36.4 Å². The Morgan fingerprint density at radius 2 is 1.86 bits per heavy atom. The van der Waals surface area contributed by atoms with Gasteiger partial charge in [-0.1, -0.05) is 39.0 Å². The summed E-state index contributed by atoms with van der Waals surface area (Å²) in [5.74, 6) is 0.836. The van der Waals surface area contributed by atoms with Crippen molar-refractivity contribution in [3.05, 3.63) is 36.4 Å². The number of hydrogen-bond donors (Lipinski definition) is 0. The Bertz CT molecular complexity index is 710. The average molecular weight is 299 g/mol. The number of isocyanates is 1. The molecule has 2 aromatic rings. The van der Waals surface area contributed by atoms with Crippen LogP contribution in [0.3, 0.4) is 0 Å². The van der Waals surface area contributed by atoms with Crippen LogP contribution < -0.4 is 4.43 Å². The van der Waals surface area contributed by atoms with Gasteiger partial charge in [-0.25, -0.2) is 4.79 Å². The highest BCUT2D eigenvalue weighted by molar-refractivity contribution is 6.74. The van der Waals surface area contributed by atoms with Crippen LogP contribution in [0.2, 0.25) is 18.1 Å². The average Bonchev–Trinajstić information content (AvgIpc) is 2.38. The van der Waals surface area contributed by atoms with E-state index in [0.29, 0.717) is 5.69 Å². The van der Waals surface area contributed by atoms with Crippen molar-refractivity contribution in [2.75, 3.05) is 0 Å². The summed E-state index contributed by atoms with van der Waals surface area (Å²) in [5, 5.41) is 2.09. The number of benzene rings is 2. The van der Waals surface area contributed by atoms with Crippen LogP contribution in [-0.2, 0) is 4.79 Å². The monoisotopic (exact) mass is 299 g/mol. The Hall–Kier alpha value is -1.90. The zero-order chi connectivity index (χ0) is 15.7. The number of rotatable bonds is 3. The highest BCUT2D eigenvalue weighted by Crippen LogP contribution is 2.38. The first-order chi connectivity index (χ1) is 9.74. The molecule has 0 aromatic heterocycles. The Morgan fingerprint density at radius 3 is 2.48 bits per heavy atom. The van der Waals surface area contributed by atoms with Gasteiger partial charge in [0.25, 0.3) is 0 Å². The lowest BCUT2D eigenvalue weighted by atomic mass is 10.1. The summed E-state index contributed by atoms with van der Waals surface area (Å²) < 4.78 is 6.31. The van der Waals surface area contributed by atoms with E-state index in [1.165, 1.54) is 0 Å². The van der Waals surface area contributed by atoms with Crippen LogP contribution >= 0.6 is 0 Å². The molecule has 0 atom stereocenters. The molecule has 3 nitrogen and oxygen atoms in total. The van der Waals surface area contributed by atoms with Gasteiger partial charge in [-0.2, -0.15) is 4.99 Å². The maximum Gasteiger partial charge on any atom is 0.250 e. The molecule has 4 heteroatoms. The zero-order valence-electron chi connectivity index (χ0n) is 13.2. The Kier molecular flexibility index (Phi) is 4.03. The van der Waals surface area contributed by atoms with Crippen molar-refractivity contribution >= 4 is 30.9 Å². The summed E-state index contributed by atoms with van der Waals surface area (Å²) in [5.41, 5.74) is 0.628. The molecule has 21 heavy (non-hydrogen) atoms. The van der Waals surface area contributed by atoms with E-state index in [4.69, 9.17) is 4.43 Å². The summed E-state index contributed by atoms with van der Waals surface area (Å²) in [6.07, 6.45) is 1.61. The minimum absolute atomic E-state index is 0.141. The topological polar surface area (TPSA) is 38.7 Å². The van der Waals surface area contributed by atoms with Gasteiger partial charge in [-0.05, 0) is 41.7 Å². The molecule has 0 spiro atoms. The molecule has 0 fully saturated rings. The molecule has 0 amide bonds. The quantitative estimate of drug-likeness (QED) is 0.444. The molecular weight excluding hydrogens is 278 g/mol. The van der Waals surface area contributed by atoms with Crippen LogP contribution in [-0.4, -0.2) is 14.4 Å². The van der Waals surface area contributed by atoms with Gasteiger partial charge in [-0.15, -0.1) is 0 Å². The van der Waals surface area contributed by atoms with Crippen LogP contribution in [0.1, 0.15) is 20.8 Å². The maximum atomic E-state index is 10.5. The van der Waals surface area contributed by atoms with Crippen molar-refractivity contribution in [1.29, 1.82) is 0 Å². The molecular formula is C17H21NO2Si. The molecule has 0 aliphatic carbocycles. The van der Waals surface area contributed by atoms with E-state index < -0.39 is 8.32 Å². The first-order valence-electron chi connectivity index (χ1n) is 7.04. The van der Waals surface area contributed by atoms with Gasteiger partial charge in [0.1, 0.15) is 5.75 Å². The first kappa shape index (κ1) is 15.5. The number of nitrogens with zero attached hydrogens (tertiary/aromatic N) is 1. The van der Waals surface area contributed by atoms with E-state index in [-0.39, 0.29) is 5.04 Å². The number of aliphatic imine (C=N–C) groups is 1. The molecule has 110 valence electrons. The summed E-state index contributed by atoms with van der Waals surface area (Å²) in [7, 11) is -1.88. The van der Waals surface area contributed by atoms with Crippen molar-refractivity contribution in [2.24, 2.45) is 4.99 Å². The normalized spacial score (nSPS) is 12.0. The zero-order valence-corrected chi connectivity index (χ0v) is 14.2. The van der Waals surface area contributed by atoms with E-state index in [2.05, 4.69) is 38.9 Å². The van der Waals surface area contributed by atoms with Crippen molar-refractivity contribution in [2.45, 2.75) is 38.9 Å². The molecule has 0 bridgehead atoms. The minimum Gasteiger partial charge on any atom is -0.543 e. The number of carbonyl (C=O) groups excluding carboxylic acids is 1. The maximum absolute atomic E-state index is 10.5. The van der Waals surface area contributed by atoms with Gasteiger partial charge in [0.05, 0.1) is 5.69 Å². The molecule has 0 aliphatic rings. The van der Waals surface area contributed by atoms with Gasteiger partial charge >= 0.3 is 0 Å². The lowest BCUT2D eigenvalue weighted by Crippen LogP contribution is -2.43. The Balaban J connectivity index is 2.48. The molecule has 2 aromatic carbocycles. The van der Waals surface area contributed by atoms with Crippen LogP contribution in [0.15, 0.2) is 41.4 Å². The van der Waals surface area contributed by atoms with E-state index in [0.717, 1.165) is 16.5 Å². The van der Waals surface area contributed by atoms with Gasteiger partial charge in [-0.3, -0.25) is 0 Å². The molecule has 0 saturated heterocycles. The van der Waals surface area contributed by atoms with Crippen molar-refractivity contribution in [1.82, 2.24) is 0 Å². The van der Waals surface area contributed by atoms with Crippen molar-refractivity contribution in [3.63, 3.8) is 0 Å². The van der Waals surface area contributed by atoms with Crippen molar-refractivity contribution < 1.29 is 9.22 Å². The summed E-state index contributed by atoms with van der Waals surface area (Å²) in [6, 6.07) is 11.6. The predicted molar refractivity (Wildman–Crippen MR) is 89.6 cm³/mol. The molecule has 2 rings (SSSR count). The molecule has 0 heterocycles. The van der Waals surface area contributed by atoms with E-state index >= 15 is 0 Å². The fraction of sp³-hybridized carbons (Fsp3) is 0.353. The Morgan fingerprint density at radius 1 is 1.14 bits per heavy atom. The number of fused-ring (bicyclic) bond motifs is 1. The van der Waals surface area contributed by atoms with Crippen LogP contribution in [0.5, 0.6) is 5.75 Å². The van der Waals surface area contributed by atoms with E-state index in [1.54, 1.807) is 6.08 Å². The third kappa shape index (κ3) is 3.23. The lowest BCUT2D eigenvalue weighted by molar-refractivity contribution is 0.493. The van der Waals surface area contributed by atoms with Crippen LogP contribution in [0.4, 0.5) is 5.69 Å². The minimum atomic E-state index is -1.88. The predicted octanol–water partition coefficient (Wildman–Crippen LogP) is 5.19. The third-order valence-electron chi connectivity index (χ3n) is 4.18.